The number of hydrogen-bond acceptors (Lipinski definition) is 5. The second-order valence-corrected chi connectivity index (χ2v) is 32.2. The van der Waals surface area contributed by atoms with Gasteiger partial charge in [0.25, 0.3) is 0 Å². The molecule has 0 saturated heterocycles. The summed E-state index contributed by atoms with van der Waals surface area (Å²) in [5.74, 6) is 0.673. The number of aromatic nitrogens is 2. The van der Waals surface area contributed by atoms with Gasteiger partial charge in [-0.25, -0.2) is 9.97 Å². The first-order chi connectivity index (χ1) is 58.1. The van der Waals surface area contributed by atoms with Crippen molar-refractivity contribution in [1.29, 1.82) is 0 Å². The number of oxazole rings is 1. The number of benzene rings is 18. The Morgan fingerprint density at radius 3 is 0.957 bits per heavy atom. The van der Waals surface area contributed by atoms with E-state index in [1.165, 1.54) is 225 Å². The number of rotatable bonds is 6. The van der Waals surface area contributed by atoms with E-state index in [1.807, 2.05) is 24.3 Å². The van der Waals surface area contributed by atoms with Crippen LogP contribution in [0.5, 0.6) is 0 Å². The van der Waals surface area contributed by atoms with Crippen molar-refractivity contribution in [3.05, 3.63) is 482 Å². The molecule has 117 heavy (non-hydrogen) atoms. The molecule has 0 atom stereocenters. The van der Waals surface area contributed by atoms with Crippen LogP contribution in [0.4, 0.5) is 5.69 Å². The lowest BCUT2D eigenvalue weighted by Crippen LogP contribution is -2.03. The predicted octanol–water partition coefficient (Wildman–Crippen LogP) is 28.7. The third-order valence-corrected chi connectivity index (χ3v) is 26.1. The monoisotopic (exact) mass is 1500 g/mol. The molecule has 0 fully saturated rings. The topological polar surface area (TPSA) is 51.3 Å². The summed E-state index contributed by atoms with van der Waals surface area (Å²) < 4.78 is 7.74. The molecule has 0 bridgehead atoms. The van der Waals surface area contributed by atoms with Gasteiger partial charge in [0, 0.05) is 45.4 Å². The van der Waals surface area contributed by atoms with Crippen molar-refractivity contribution < 1.29 is 4.42 Å². The van der Waals surface area contributed by atoms with Crippen molar-refractivity contribution in [2.75, 3.05) is 0 Å². The van der Waals surface area contributed by atoms with Crippen LogP contribution in [0.2, 0.25) is 0 Å². The Labute approximate surface area is 678 Å². The molecule has 0 saturated carbocycles. The summed E-state index contributed by atoms with van der Waals surface area (Å²) in [5, 5.41) is 16.3. The van der Waals surface area contributed by atoms with E-state index >= 15 is 0 Å². The van der Waals surface area contributed by atoms with Crippen molar-refractivity contribution in [1.82, 2.24) is 9.97 Å². The second-order valence-electron chi connectivity index (χ2n) is 31.2. The molecule has 4 nitrogen and oxygen atoms in total. The van der Waals surface area contributed by atoms with Crippen LogP contribution in [0.1, 0.15) is 99.9 Å². The van der Waals surface area contributed by atoms with Gasteiger partial charge in [0.15, 0.2) is 5.58 Å². The molecule has 27 rings (SSSR count). The minimum absolute atomic E-state index is 0.673. The first-order valence-corrected chi connectivity index (χ1v) is 41.1. The summed E-state index contributed by atoms with van der Waals surface area (Å²) in [7, 11) is 0. The number of aliphatic imine (C=N–C) groups is 1. The number of thiazole rings is 1. The van der Waals surface area contributed by atoms with Crippen LogP contribution >= 0.6 is 11.3 Å². The average molecular weight is 1500 g/mol. The van der Waals surface area contributed by atoms with E-state index in [0.717, 1.165) is 39.3 Å². The lowest BCUT2D eigenvalue weighted by Gasteiger charge is -2.15. The van der Waals surface area contributed by atoms with Crippen LogP contribution in [-0.2, 0) is 6.42 Å². The molecule has 0 spiro atoms. The molecule has 0 radical (unpaired) electrons. The fraction of sp³-hybridized carbons (Fsp3) is 0.00893. The maximum Gasteiger partial charge on any atom is 0.228 e. The third-order valence-electron chi connectivity index (χ3n) is 25.0. The van der Waals surface area contributed by atoms with Crippen LogP contribution in [-0.4, -0.2) is 15.7 Å². The number of allylic oxidation sites excluding steroid dienone is 7. The van der Waals surface area contributed by atoms with Crippen molar-refractivity contribution >= 4 is 176 Å². The van der Waals surface area contributed by atoms with Gasteiger partial charge in [0.2, 0.25) is 5.89 Å². The fourth-order valence-electron chi connectivity index (χ4n) is 20.2. The van der Waals surface area contributed by atoms with Gasteiger partial charge in [-0.2, -0.15) is 0 Å². The van der Waals surface area contributed by atoms with Crippen LogP contribution < -0.4 is 0 Å². The third kappa shape index (κ3) is 9.79. The zero-order valence-corrected chi connectivity index (χ0v) is 64.1. The number of nitrogens with zero attached hydrogens (tertiary/aromatic N) is 3. The molecule has 0 amide bonds. The SMILES string of the molecule is c1ccc(C2=C3C(=C(C4=Nc5ccccc5C4)c4c3ccc3ccccc43)c3ccc4ccccc4c32)cc1.c1ccc(C2=C3C(=C(c4nc5ccccc5o4)c4c3ccc3ccccc43)c3ccc4ccccc4c32)cc1.c1ccc(C2=C3C(=C(c4nc5ccccc5s4)c4c3ccc3ccccc43)c3ccc4ccccc4c32)cc1. The Balaban J connectivity index is 0.0000000980. The average Bonchev–Trinajstić information content (AvgIpc) is 1.54. The normalized spacial score (nSPS) is 14.3. The van der Waals surface area contributed by atoms with Gasteiger partial charge < -0.3 is 4.42 Å². The van der Waals surface area contributed by atoms with Crippen molar-refractivity contribution in [2.24, 2.45) is 4.99 Å². The zero-order valence-electron chi connectivity index (χ0n) is 63.2. The zero-order chi connectivity index (χ0) is 76.5. The first-order valence-electron chi connectivity index (χ1n) is 40.3. The quantitative estimate of drug-likeness (QED) is 0.167. The van der Waals surface area contributed by atoms with Crippen molar-refractivity contribution in [2.45, 2.75) is 6.42 Å². The molecule has 18 aromatic carbocycles. The highest BCUT2D eigenvalue weighted by molar-refractivity contribution is 7.19. The molecule has 540 valence electrons. The summed E-state index contributed by atoms with van der Waals surface area (Å²) in [6, 6.07) is 138. The van der Waals surface area contributed by atoms with Gasteiger partial charge >= 0.3 is 0 Å². The molecule has 2 aromatic heterocycles. The Hall–Kier alpha value is -15.0. The Bertz CT molecular complexity index is 7670. The summed E-state index contributed by atoms with van der Waals surface area (Å²) in [6.07, 6.45) is 0.856. The molecule has 20 aromatic rings. The molecule has 3 heterocycles. The summed E-state index contributed by atoms with van der Waals surface area (Å²) in [5.41, 5.74) is 41.0. The number of para-hydroxylation sites is 4. The van der Waals surface area contributed by atoms with Crippen LogP contribution in [0.15, 0.2) is 392 Å². The maximum absolute atomic E-state index is 6.52. The van der Waals surface area contributed by atoms with Gasteiger partial charge in [-0.05, 0) is 206 Å². The summed E-state index contributed by atoms with van der Waals surface area (Å²) in [4.78, 5) is 15.5. The van der Waals surface area contributed by atoms with E-state index < -0.39 is 0 Å². The molecule has 5 heteroatoms. The largest absolute Gasteiger partial charge is 0.436 e. The van der Waals surface area contributed by atoms with E-state index in [-0.39, 0.29) is 0 Å². The Morgan fingerprint density at radius 2 is 0.547 bits per heavy atom. The lowest BCUT2D eigenvalue weighted by atomic mass is 9.87. The van der Waals surface area contributed by atoms with E-state index in [0.29, 0.717) is 5.89 Å². The first kappa shape index (κ1) is 65.5. The van der Waals surface area contributed by atoms with Gasteiger partial charge in [-0.15, -0.1) is 11.3 Å². The molecular formula is C112H65N3OS. The highest BCUT2D eigenvalue weighted by atomic mass is 32.1. The molecule has 6 aliphatic carbocycles. The summed E-state index contributed by atoms with van der Waals surface area (Å²) >= 11 is 1.80. The standard InChI is InChI=1S/C38H23N.C37H21NO.C37H21NS/c1-2-12-25(13-3-1)33-34-27-15-7-4-10-23(27)18-20-29(34)37-36(33)30-21-19-24-11-5-8-16-28(24)35(30)38(37)32-22-26-14-6-9-17-31(26)39-32;2*1-2-12-24(13-3-1)31-32-25-14-6-4-10-22(25)18-20-27(32)35-34(31)28-21-19-23-11-5-7-15-26(23)33(28)36(35)37-38-29-16-8-9-17-30(29)39-37/h1-21H,22H2;2*1-21H. The lowest BCUT2D eigenvalue weighted by molar-refractivity contribution is 0.586. The highest BCUT2D eigenvalue weighted by Gasteiger charge is 2.45. The van der Waals surface area contributed by atoms with E-state index in [2.05, 4.69) is 358 Å². The Kier molecular flexibility index (Phi) is 14.4. The van der Waals surface area contributed by atoms with E-state index in [9.17, 15) is 0 Å². The maximum atomic E-state index is 6.52. The summed E-state index contributed by atoms with van der Waals surface area (Å²) in [6.45, 7) is 0. The van der Waals surface area contributed by atoms with Crippen LogP contribution in [0, 0.1) is 0 Å². The molecule has 0 unspecified atom stereocenters. The van der Waals surface area contributed by atoms with Gasteiger partial charge in [0.05, 0.1) is 27.2 Å². The van der Waals surface area contributed by atoms with Crippen molar-refractivity contribution in [3.63, 3.8) is 0 Å². The van der Waals surface area contributed by atoms with Gasteiger partial charge in [-0.1, -0.05) is 352 Å². The predicted molar refractivity (Wildman–Crippen MR) is 490 cm³/mol. The van der Waals surface area contributed by atoms with Crippen molar-refractivity contribution in [3.8, 4) is 0 Å². The fourth-order valence-corrected chi connectivity index (χ4v) is 21.3. The highest BCUT2D eigenvalue weighted by Crippen LogP contribution is 2.65. The molecule has 0 N–H and O–H groups in total. The smallest absolute Gasteiger partial charge is 0.228 e. The second kappa shape index (κ2) is 25.8. The molecule has 7 aliphatic rings. The molecular weight excluding hydrogens is 1440 g/mol. The van der Waals surface area contributed by atoms with E-state index in [1.54, 1.807) is 11.3 Å². The Morgan fingerprint density at radius 1 is 0.231 bits per heavy atom. The minimum atomic E-state index is 0.673. The molecule has 1 aliphatic heterocycles. The minimum Gasteiger partial charge on any atom is -0.436 e. The number of fused-ring (bicyclic) bond motifs is 30. The van der Waals surface area contributed by atoms with Gasteiger partial charge in [0.1, 0.15) is 10.5 Å². The van der Waals surface area contributed by atoms with Crippen LogP contribution in [0.3, 0.4) is 0 Å². The van der Waals surface area contributed by atoms with Gasteiger partial charge in [-0.3, -0.25) is 4.99 Å². The van der Waals surface area contributed by atoms with E-state index in [4.69, 9.17) is 19.4 Å². The van der Waals surface area contributed by atoms with Crippen LogP contribution in [0.25, 0.3) is 153 Å². The number of hydrogen-bond donors (Lipinski definition) is 0.